The molecule has 4 saturated carbocycles. The van der Waals surface area contributed by atoms with Gasteiger partial charge in [0.15, 0.2) is 5.78 Å². The molecule has 2 heterocycles. The number of carbonyl (C=O) groups excluding carboxylic acids is 1. The van der Waals surface area contributed by atoms with Gasteiger partial charge in [-0.15, -0.1) is 11.3 Å². The van der Waals surface area contributed by atoms with Crippen LogP contribution < -0.4 is 0 Å². The van der Waals surface area contributed by atoms with Crippen molar-refractivity contribution in [3.63, 3.8) is 0 Å². The molecule has 3 nitrogen and oxygen atoms in total. The summed E-state index contributed by atoms with van der Waals surface area (Å²) in [5.41, 5.74) is 2.91. The van der Waals surface area contributed by atoms with Gasteiger partial charge in [-0.05, 0) is 92.0 Å². The van der Waals surface area contributed by atoms with Crippen LogP contribution in [0.2, 0.25) is 0 Å². The zero-order valence-electron chi connectivity index (χ0n) is 17.0. The lowest BCUT2D eigenvalue weighted by molar-refractivity contribution is -0.138. The number of rotatable bonds is 5. The molecule has 1 aromatic carbocycles. The lowest BCUT2D eigenvalue weighted by atomic mass is 9.48. The van der Waals surface area contributed by atoms with Crippen molar-refractivity contribution in [3.8, 4) is 16.3 Å². The van der Waals surface area contributed by atoms with Gasteiger partial charge >= 0.3 is 0 Å². The number of thiophene rings is 1. The summed E-state index contributed by atoms with van der Waals surface area (Å²) in [4.78, 5) is 14.6. The van der Waals surface area contributed by atoms with Crippen molar-refractivity contribution < 1.29 is 4.79 Å². The van der Waals surface area contributed by atoms with Crippen LogP contribution in [0.15, 0.2) is 60.1 Å². The molecule has 7 rings (SSSR count). The fraction of sp³-hybridized carbons (Fsp3) is 0.385. The van der Waals surface area contributed by atoms with Gasteiger partial charge in [0.2, 0.25) is 0 Å². The van der Waals surface area contributed by atoms with Crippen molar-refractivity contribution in [3.05, 3.63) is 65.7 Å². The van der Waals surface area contributed by atoms with E-state index in [9.17, 15) is 4.79 Å². The fourth-order valence-electron chi connectivity index (χ4n) is 6.58. The molecule has 2 aromatic heterocycles. The highest BCUT2D eigenvalue weighted by Gasteiger charge is 2.53. The van der Waals surface area contributed by atoms with Gasteiger partial charge in [0.25, 0.3) is 0 Å². The molecule has 0 spiro atoms. The molecular weight excluding hydrogens is 388 g/mol. The van der Waals surface area contributed by atoms with Crippen LogP contribution in [0.1, 0.15) is 44.1 Å². The average molecular weight is 415 g/mol. The standard InChI is InChI=1S/C26H26N2OS/c29-24(26-14-18-11-19(15-26)13-20(12-18)16-26)9-8-21-17-28(22-5-2-1-3-6-22)27-25(21)23-7-4-10-30-23/h1-10,17-20H,11-16H2/b9-8+. The van der Waals surface area contributed by atoms with E-state index in [4.69, 9.17) is 5.10 Å². The largest absolute Gasteiger partial charge is 0.294 e. The minimum atomic E-state index is -0.0796. The van der Waals surface area contributed by atoms with Crippen molar-refractivity contribution >= 4 is 23.2 Å². The van der Waals surface area contributed by atoms with Gasteiger partial charge in [-0.3, -0.25) is 4.79 Å². The summed E-state index contributed by atoms with van der Waals surface area (Å²) in [5, 5.41) is 6.93. The number of benzene rings is 1. The lowest BCUT2D eigenvalue weighted by Gasteiger charge is -2.55. The van der Waals surface area contributed by atoms with Crippen molar-refractivity contribution in [2.75, 3.05) is 0 Å². The lowest BCUT2D eigenvalue weighted by Crippen LogP contribution is -2.49. The normalized spacial score (nSPS) is 29.7. The van der Waals surface area contributed by atoms with Crippen LogP contribution in [0.4, 0.5) is 0 Å². The van der Waals surface area contributed by atoms with E-state index in [1.54, 1.807) is 11.3 Å². The Kier molecular flexibility index (Phi) is 4.31. The second-order valence-corrected chi connectivity index (χ2v) is 10.5. The third kappa shape index (κ3) is 3.09. The quantitative estimate of drug-likeness (QED) is 0.453. The van der Waals surface area contributed by atoms with Gasteiger partial charge in [-0.2, -0.15) is 5.10 Å². The first-order chi connectivity index (χ1) is 14.7. The first kappa shape index (κ1) is 18.3. The molecule has 0 radical (unpaired) electrons. The molecule has 0 saturated heterocycles. The number of carbonyl (C=O) groups is 1. The molecule has 4 bridgehead atoms. The van der Waals surface area contributed by atoms with Gasteiger partial charge in [0, 0.05) is 17.2 Å². The highest BCUT2D eigenvalue weighted by molar-refractivity contribution is 7.13. The van der Waals surface area contributed by atoms with E-state index in [2.05, 4.69) is 29.6 Å². The highest BCUT2D eigenvalue weighted by atomic mass is 32.1. The smallest absolute Gasteiger partial charge is 0.161 e. The first-order valence-corrected chi connectivity index (χ1v) is 12.0. The molecule has 0 unspecified atom stereocenters. The van der Waals surface area contributed by atoms with E-state index in [0.29, 0.717) is 5.78 Å². The Morgan fingerprint density at radius 3 is 2.33 bits per heavy atom. The minimum Gasteiger partial charge on any atom is -0.294 e. The molecule has 4 aliphatic rings. The molecule has 4 heteroatoms. The summed E-state index contributed by atoms with van der Waals surface area (Å²) < 4.78 is 1.92. The van der Waals surface area contributed by atoms with E-state index in [1.165, 1.54) is 19.3 Å². The number of ketones is 1. The third-order valence-electron chi connectivity index (χ3n) is 7.49. The predicted molar refractivity (Wildman–Crippen MR) is 122 cm³/mol. The number of para-hydroxylation sites is 1. The third-order valence-corrected chi connectivity index (χ3v) is 8.37. The van der Waals surface area contributed by atoms with E-state index in [0.717, 1.165) is 58.8 Å². The van der Waals surface area contributed by atoms with E-state index >= 15 is 0 Å². The number of allylic oxidation sites excluding steroid dienone is 1. The molecule has 0 aliphatic heterocycles. The molecule has 0 N–H and O–H groups in total. The molecule has 4 fully saturated rings. The zero-order chi connectivity index (χ0) is 20.1. The van der Waals surface area contributed by atoms with Crippen LogP contribution in [-0.4, -0.2) is 15.6 Å². The summed E-state index contributed by atoms with van der Waals surface area (Å²) in [6.45, 7) is 0. The van der Waals surface area contributed by atoms with Crippen molar-refractivity contribution in [2.45, 2.75) is 38.5 Å². The number of nitrogens with zero attached hydrogens (tertiary/aromatic N) is 2. The highest BCUT2D eigenvalue weighted by Crippen LogP contribution is 2.60. The van der Waals surface area contributed by atoms with Crippen molar-refractivity contribution in [1.82, 2.24) is 9.78 Å². The SMILES string of the molecule is O=C(/C=C/c1cn(-c2ccccc2)nc1-c1cccs1)C12CC3CC(CC(C3)C1)C2. The Balaban J connectivity index is 1.33. The number of hydrogen-bond acceptors (Lipinski definition) is 3. The van der Waals surface area contributed by atoms with Crippen molar-refractivity contribution in [2.24, 2.45) is 23.2 Å². The Bertz CT molecular complexity index is 1060. The Hall–Kier alpha value is -2.46. The summed E-state index contributed by atoms with van der Waals surface area (Å²) in [5.74, 6) is 2.72. The molecule has 152 valence electrons. The van der Waals surface area contributed by atoms with Crippen LogP contribution in [0, 0.1) is 23.2 Å². The zero-order valence-corrected chi connectivity index (χ0v) is 17.9. The van der Waals surface area contributed by atoms with E-state index in [1.807, 2.05) is 41.2 Å². The van der Waals surface area contributed by atoms with Crippen molar-refractivity contribution in [1.29, 1.82) is 0 Å². The number of aromatic nitrogens is 2. The maximum atomic E-state index is 13.4. The van der Waals surface area contributed by atoms with Crippen LogP contribution in [0.25, 0.3) is 22.3 Å². The predicted octanol–water partition coefficient (Wildman–Crippen LogP) is 6.40. The molecule has 3 aromatic rings. The molecule has 0 amide bonds. The Labute approximate surface area is 181 Å². The summed E-state index contributed by atoms with van der Waals surface area (Å²) in [6, 6.07) is 14.3. The first-order valence-electron chi connectivity index (χ1n) is 11.1. The molecule has 4 aliphatic carbocycles. The fourth-order valence-corrected chi connectivity index (χ4v) is 7.31. The van der Waals surface area contributed by atoms with E-state index in [-0.39, 0.29) is 5.41 Å². The van der Waals surface area contributed by atoms with Gasteiger partial charge < -0.3 is 0 Å². The maximum absolute atomic E-state index is 13.4. The second kappa shape index (κ2) is 7.05. The van der Waals surface area contributed by atoms with Crippen LogP contribution in [0.5, 0.6) is 0 Å². The second-order valence-electron chi connectivity index (χ2n) is 9.59. The Morgan fingerprint density at radius 2 is 1.70 bits per heavy atom. The summed E-state index contributed by atoms with van der Waals surface area (Å²) >= 11 is 1.69. The monoisotopic (exact) mass is 414 g/mol. The minimum absolute atomic E-state index is 0.0796. The number of hydrogen-bond donors (Lipinski definition) is 0. The van der Waals surface area contributed by atoms with Gasteiger partial charge in [0.05, 0.1) is 10.6 Å². The molecule has 30 heavy (non-hydrogen) atoms. The maximum Gasteiger partial charge on any atom is 0.161 e. The van der Waals surface area contributed by atoms with Crippen LogP contribution in [0.3, 0.4) is 0 Å². The topological polar surface area (TPSA) is 34.9 Å². The van der Waals surface area contributed by atoms with Gasteiger partial charge in [0.1, 0.15) is 5.69 Å². The molecule has 0 atom stereocenters. The summed E-state index contributed by atoms with van der Waals surface area (Å²) in [6.07, 6.45) is 13.4. The van der Waals surface area contributed by atoms with Crippen LogP contribution in [-0.2, 0) is 4.79 Å². The Morgan fingerprint density at radius 1 is 1.00 bits per heavy atom. The van der Waals surface area contributed by atoms with Crippen LogP contribution >= 0.6 is 11.3 Å². The summed E-state index contributed by atoms with van der Waals surface area (Å²) in [7, 11) is 0. The van der Waals surface area contributed by atoms with E-state index < -0.39 is 0 Å². The molecular formula is C26H26N2OS. The average Bonchev–Trinajstić information content (AvgIpc) is 3.41. The van der Waals surface area contributed by atoms with Gasteiger partial charge in [-0.1, -0.05) is 24.3 Å². The van der Waals surface area contributed by atoms with Gasteiger partial charge in [-0.25, -0.2) is 4.68 Å².